The molecule has 0 aliphatic carbocycles. The van der Waals surface area contributed by atoms with E-state index in [9.17, 15) is 9.59 Å². The second kappa shape index (κ2) is 7.73. The lowest BCUT2D eigenvalue weighted by atomic mass is 10.2. The maximum absolute atomic E-state index is 11.3. The molecule has 1 aliphatic rings. The quantitative estimate of drug-likeness (QED) is 0.675. The van der Waals surface area contributed by atoms with Gasteiger partial charge < -0.3 is 15.7 Å². The number of carbonyl (C=O) groups excluding carboxylic acids is 1. The first-order valence-electron chi connectivity index (χ1n) is 4.38. The van der Waals surface area contributed by atoms with Crippen LogP contribution in [0.2, 0.25) is 0 Å². The molecule has 0 bridgehead atoms. The number of halogens is 2. The zero-order valence-corrected chi connectivity index (χ0v) is 9.99. The molecule has 1 amide bonds. The Balaban J connectivity index is 0. The van der Waals surface area contributed by atoms with Crippen LogP contribution in [0.15, 0.2) is 0 Å². The van der Waals surface area contributed by atoms with E-state index in [1.807, 2.05) is 0 Å². The Bertz CT molecular complexity index is 220. The van der Waals surface area contributed by atoms with Crippen LogP contribution in [0.25, 0.3) is 0 Å². The van der Waals surface area contributed by atoms with E-state index in [4.69, 9.17) is 5.11 Å². The predicted octanol–water partition coefficient (Wildman–Crippen LogP) is 0.171. The Morgan fingerprint density at radius 3 is 2.47 bits per heavy atom. The minimum atomic E-state index is -1.01. The summed E-state index contributed by atoms with van der Waals surface area (Å²) in [5, 5.41) is 14.0. The monoisotopic (exact) mass is 258 g/mol. The standard InChI is InChI=1S/C8H14N2O3.2ClH/c1-5(8(12)13)10-7(11)6-3-2-4-9-6;;/h5-6,9H,2-4H2,1H3,(H,10,11)(H,12,13);2*1H/t5?,6-;;/m0../s1. The van der Waals surface area contributed by atoms with Gasteiger partial charge in [-0.1, -0.05) is 0 Å². The fourth-order valence-corrected chi connectivity index (χ4v) is 1.28. The maximum Gasteiger partial charge on any atom is 0.325 e. The highest BCUT2D eigenvalue weighted by Gasteiger charge is 2.24. The molecule has 1 fully saturated rings. The van der Waals surface area contributed by atoms with Crippen molar-refractivity contribution in [3.63, 3.8) is 0 Å². The second-order valence-electron chi connectivity index (χ2n) is 3.22. The normalized spacial score (nSPS) is 20.7. The molecule has 1 heterocycles. The van der Waals surface area contributed by atoms with Gasteiger partial charge in [-0.15, -0.1) is 24.8 Å². The fraction of sp³-hybridized carbons (Fsp3) is 0.750. The summed E-state index contributed by atoms with van der Waals surface area (Å²) in [7, 11) is 0. The summed E-state index contributed by atoms with van der Waals surface area (Å²) in [6.45, 7) is 2.29. The molecule has 1 aliphatic heterocycles. The molecule has 5 nitrogen and oxygen atoms in total. The highest BCUT2D eigenvalue weighted by atomic mass is 35.5. The maximum atomic E-state index is 11.3. The Kier molecular flexibility index (Phi) is 8.71. The molecule has 0 radical (unpaired) electrons. The van der Waals surface area contributed by atoms with Crippen molar-refractivity contribution in [1.29, 1.82) is 0 Å². The number of hydrogen-bond acceptors (Lipinski definition) is 3. The first-order chi connectivity index (χ1) is 6.11. The molecule has 0 aromatic rings. The molecule has 15 heavy (non-hydrogen) atoms. The number of carboxylic acid groups (broad SMARTS) is 1. The summed E-state index contributed by atoms with van der Waals surface area (Å²) in [5.74, 6) is -1.22. The number of aliphatic carboxylic acids is 1. The van der Waals surface area contributed by atoms with Gasteiger partial charge in [-0.05, 0) is 26.3 Å². The SMILES string of the molecule is CC(NC(=O)[C@@H]1CCCN1)C(=O)O.Cl.Cl. The zero-order chi connectivity index (χ0) is 9.84. The van der Waals surface area contributed by atoms with Crippen LogP contribution in [-0.4, -0.2) is 35.6 Å². The van der Waals surface area contributed by atoms with Crippen molar-refractivity contribution >= 4 is 36.7 Å². The first kappa shape index (κ1) is 16.9. The number of amides is 1. The van der Waals surface area contributed by atoms with Crippen molar-refractivity contribution in [1.82, 2.24) is 10.6 Å². The van der Waals surface area contributed by atoms with Crippen molar-refractivity contribution in [2.24, 2.45) is 0 Å². The van der Waals surface area contributed by atoms with Crippen LogP contribution in [-0.2, 0) is 9.59 Å². The van der Waals surface area contributed by atoms with Crippen LogP contribution in [0.1, 0.15) is 19.8 Å². The third kappa shape index (κ3) is 5.20. The van der Waals surface area contributed by atoms with Crippen molar-refractivity contribution in [3.05, 3.63) is 0 Å². The van der Waals surface area contributed by atoms with Crippen molar-refractivity contribution in [2.45, 2.75) is 31.8 Å². The Morgan fingerprint density at radius 1 is 1.47 bits per heavy atom. The van der Waals surface area contributed by atoms with Gasteiger partial charge in [-0.3, -0.25) is 9.59 Å². The molecule has 7 heteroatoms. The summed E-state index contributed by atoms with van der Waals surface area (Å²) < 4.78 is 0. The lowest BCUT2D eigenvalue weighted by molar-refractivity contribution is -0.141. The Labute approximate surface area is 101 Å². The van der Waals surface area contributed by atoms with Crippen LogP contribution in [0.3, 0.4) is 0 Å². The van der Waals surface area contributed by atoms with E-state index >= 15 is 0 Å². The minimum Gasteiger partial charge on any atom is -0.480 e. The van der Waals surface area contributed by atoms with Crippen molar-refractivity contribution < 1.29 is 14.7 Å². The lowest BCUT2D eigenvalue weighted by Gasteiger charge is -2.13. The van der Waals surface area contributed by atoms with Crippen molar-refractivity contribution in [2.75, 3.05) is 6.54 Å². The highest BCUT2D eigenvalue weighted by molar-refractivity contribution is 5.86. The molecular weight excluding hydrogens is 243 g/mol. The summed E-state index contributed by atoms with van der Waals surface area (Å²) in [6.07, 6.45) is 1.76. The molecule has 0 saturated carbocycles. The molecule has 1 rings (SSSR count). The van der Waals surface area contributed by atoms with Gasteiger partial charge in [0.1, 0.15) is 6.04 Å². The van der Waals surface area contributed by atoms with E-state index in [0.717, 1.165) is 19.4 Å². The summed E-state index contributed by atoms with van der Waals surface area (Å²) in [5.41, 5.74) is 0. The van der Waals surface area contributed by atoms with Crippen LogP contribution < -0.4 is 10.6 Å². The van der Waals surface area contributed by atoms with E-state index in [1.54, 1.807) is 0 Å². The number of rotatable bonds is 3. The molecule has 0 spiro atoms. The first-order valence-corrected chi connectivity index (χ1v) is 4.38. The number of carbonyl (C=O) groups is 2. The molecule has 90 valence electrons. The molecule has 0 aromatic carbocycles. The third-order valence-electron chi connectivity index (χ3n) is 2.11. The number of carboxylic acids is 1. The van der Waals surface area contributed by atoms with E-state index in [1.165, 1.54) is 6.92 Å². The number of nitrogens with one attached hydrogen (secondary N) is 2. The average Bonchev–Trinajstić information content (AvgIpc) is 2.55. The van der Waals surface area contributed by atoms with E-state index in [0.29, 0.717) is 0 Å². The van der Waals surface area contributed by atoms with Gasteiger partial charge in [0.2, 0.25) is 5.91 Å². The summed E-state index contributed by atoms with van der Waals surface area (Å²) in [6, 6.07) is -1.02. The molecule has 2 atom stereocenters. The molecular formula is C8H16Cl2N2O3. The van der Waals surface area contributed by atoms with Gasteiger partial charge in [0, 0.05) is 0 Å². The number of hydrogen-bond donors (Lipinski definition) is 3. The lowest BCUT2D eigenvalue weighted by Crippen LogP contribution is -2.46. The fourth-order valence-electron chi connectivity index (χ4n) is 1.28. The van der Waals surface area contributed by atoms with E-state index < -0.39 is 12.0 Å². The van der Waals surface area contributed by atoms with Gasteiger partial charge in [0.25, 0.3) is 0 Å². The van der Waals surface area contributed by atoms with Gasteiger partial charge >= 0.3 is 5.97 Å². The van der Waals surface area contributed by atoms with Gasteiger partial charge in [-0.2, -0.15) is 0 Å². The van der Waals surface area contributed by atoms with Gasteiger partial charge in [0.15, 0.2) is 0 Å². The van der Waals surface area contributed by atoms with Gasteiger partial charge in [-0.25, -0.2) is 0 Å². The molecule has 3 N–H and O–H groups in total. The van der Waals surface area contributed by atoms with Gasteiger partial charge in [0.05, 0.1) is 6.04 Å². The minimum absolute atomic E-state index is 0. The second-order valence-corrected chi connectivity index (χ2v) is 3.22. The van der Waals surface area contributed by atoms with E-state index in [-0.39, 0.29) is 36.8 Å². The largest absolute Gasteiger partial charge is 0.480 e. The summed E-state index contributed by atoms with van der Waals surface area (Å²) in [4.78, 5) is 21.7. The smallest absolute Gasteiger partial charge is 0.325 e. The third-order valence-corrected chi connectivity index (χ3v) is 2.11. The molecule has 1 unspecified atom stereocenters. The van der Waals surface area contributed by atoms with Crippen LogP contribution in [0.5, 0.6) is 0 Å². The zero-order valence-electron chi connectivity index (χ0n) is 8.36. The predicted molar refractivity (Wildman–Crippen MR) is 60.8 cm³/mol. The topological polar surface area (TPSA) is 78.4 Å². The van der Waals surface area contributed by atoms with Crippen LogP contribution in [0, 0.1) is 0 Å². The Morgan fingerprint density at radius 2 is 2.07 bits per heavy atom. The Hall–Kier alpha value is -0.520. The van der Waals surface area contributed by atoms with Crippen LogP contribution in [0.4, 0.5) is 0 Å². The van der Waals surface area contributed by atoms with Crippen molar-refractivity contribution in [3.8, 4) is 0 Å². The molecule has 0 aromatic heterocycles. The molecule has 1 saturated heterocycles. The highest BCUT2D eigenvalue weighted by Crippen LogP contribution is 2.04. The summed E-state index contributed by atoms with van der Waals surface area (Å²) >= 11 is 0. The van der Waals surface area contributed by atoms with Crippen LogP contribution >= 0.6 is 24.8 Å². The van der Waals surface area contributed by atoms with E-state index in [2.05, 4.69) is 10.6 Å². The average molecular weight is 259 g/mol.